The number of pyridine rings is 1. The number of alkyl halides is 3. The van der Waals surface area contributed by atoms with Gasteiger partial charge in [0.05, 0.1) is 16.9 Å². The van der Waals surface area contributed by atoms with E-state index in [2.05, 4.69) is 22.0 Å². The van der Waals surface area contributed by atoms with Crippen LogP contribution in [0.25, 0.3) is 11.1 Å². The molecule has 0 bridgehead atoms. The summed E-state index contributed by atoms with van der Waals surface area (Å²) < 4.78 is 39.0. The van der Waals surface area contributed by atoms with Gasteiger partial charge in [-0.2, -0.15) is 13.2 Å². The third kappa shape index (κ3) is 7.76. The van der Waals surface area contributed by atoms with Crippen molar-refractivity contribution in [2.45, 2.75) is 31.9 Å². The largest absolute Gasteiger partial charge is 0.416 e. The van der Waals surface area contributed by atoms with E-state index in [1.807, 2.05) is 35.4 Å². The second-order valence-corrected chi connectivity index (χ2v) is 8.77. The van der Waals surface area contributed by atoms with Crippen LogP contribution in [0.2, 0.25) is 0 Å². The van der Waals surface area contributed by atoms with Crippen molar-refractivity contribution in [2.24, 2.45) is 0 Å². The van der Waals surface area contributed by atoms with Crippen LogP contribution in [0.1, 0.15) is 30.5 Å². The first kappa shape index (κ1) is 29.7. The van der Waals surface area contributed by atoms with Gasteiger partial charge >= 0.3 is 6.18 Å². The number of piperazine rings is 1. The molecule has 1 saturated heterocycles. The van der Waals surface area contributed by atoms with E-state index in [1.165, 1.54) is 12.1 Å². The van der Waals surface area contributed by atoms with Gasteiger partial charge in [0.1, 0.15) is 0 Å². The monoisotopic (exact) mass is 540 g/mol. The van der Waals surface area contributed by atoms with Gasteiger partial charge in [-0.15, -0.1) is 24.8 Å². The van der Waals surface area contributed by atoms with Crippen molar-refractivity contribution in [1.82, 2.24) is 9.88 Å². The molecule has 1 aromatic heterocycles. The van der Waals surface area contributed by atoms with E-state index in [-0.39, 0.29) is 24.8 Å². The van der Waals surface area contributed by atoms with Gasteiger partial charge in [-0.1, -0.05) is 42.8 Å². The summed E-state index contributed by atoms with van der Waals surface area (Å²) in [6.07, 6.45) is 1.58. The van der Waals surface area contributed by atoms with Gasteiger partial charge in [0, 0.05) is 43.6 Å². The molecule has 4 rings (SSSR count). The Morgan fingerprint density at radius 3 is 2.25 bits per heavy atom. The second kappa shape index (κ2) is 13.7. The zero-order valence-electron chi connectivity index (χ0n) is 20.1. The van der Waals surface area contributed by atoms with Crippen molar-refractivity contribution in [3.63, 3.8) is 0 Å². The van der Waals surface area contributed by atoms with Crippen LogP contribution in [-0.4, -0.2) is 42.6 Å². The number of nitrogens with two attached hydrogens (primary N) is 1. The number of benzene rings is 2. The lowest BCUT2D eigenvalue weighted by Gasteiger charge is -2.36. The summed E-state index contributed by atoms with van der Waals surface area (Å²) in [5.41, 5.74) is 10.3. The number of hydrogen-bond donors (Lipinski definition) is 1. The molecule has 0 atom stereocenters. The van der Waals surface area contributed by atoms with Crippen molar-refractivity contribution in [3.05, 3.63) is 78.1 Å². The third-order valence-electron chi connectivity index (χ3n) is 6.46. The number of aromatic nitrogens is 1. The van der Waals surface area contributed by atoms with Crippen LogP contribution in [0.3, 0.4) is 0 Å². The molecule has 0 unspecified atom stereocenters. The molecule has 1 aliphatic heterocycles. The third-order valence-corrected chi connectivity index (χ3v) is 6.46. The summed E-state index contributed by atoms with van der Waals surface area (Å²) in [7, 11) is 0. The van der Waals surface area contributed by atoms with Gasteiger partial charge in [0.25, 0.3) is 0 Å². The standard InChI is InChI=1S/C27H31F3N4.2ClH/c28-27(29,30)22-10-7-11-23(20-22)34-18-16-33(17-19-34)15-6-2-5-12-25-26(31)24(13-14-32-25)21-8-3-1-4-9-21;;/h1,3-4,7-11,13-14,20H,2,5-6,12,15-19,31H2;2*1H. The molecule has 1 aliphatic rings. The summed E-state index contributed by atoms with van der Waals surface area (Å²) in [5.74, 6) is 0. The van der Waals surface area contributed by atoms with Gasteiger partial charge in [-0.05, 0) is 55.6 Å². The maximum atomic E-state index is 13.0. The first-order valence-electron chi connectivity index (χ1n) is 11.8. The molecule has 4 nitrogen and oxygen atoms in total. The predicted molar refractivity (Wildman–Crippen MR) is 146 cm³/mol. The van der Waals surface area contributed by atoms with Crippen LogP contribution in [0.4, 0.5) is 24.5 Å². The quantitative estimate of drug-likeness (QED) is 0.322. The number of nitrogens with zero attached hydrogens (tertiary/aromatic N) is 3. The molecular formula is C27H33Cl2F3N4. The lowest BCUT2D eigenvalue weighted by atomic mass is 10.0. The smallest absolute Gasteiger partial charge is 0.397 e. The lowest BCUT2D eigenvalue weighted by molar-refractivity contribution is -0.137. The Bertz CT molecular complexity index is 1070. The fraction of sp³-hybridized carbons (Fsp3) is 0.370. The number of nitrogen functional groups attached to an aromatic ring is 1. The van der Waals surface area contributed by atoms with Crippen molar-refractivity contribution in [1.29, 1.82) is 0 Å². The summed E-state index contributed by atoms with van der Waals surface area (Å²) in [6.45, 7) is 4.22. The molecule has 2 heterocycles. The summed E-state index contributed by atoms with van der Waals surface area (Å²) in [4.78, 5) is 8.94. The van der Waals surface area contributed by atoms with Crippen LogP contribution < -0.4 is 10.6 Å². The van der Waals surface area contributed by atoms with Crippen molar-refractivity contribution < 1.29 is 13.2 Å². The highest BCUT2D eigenvalue weighted by molar-refractivity contribution is 5.85. The molecule has 0 radical (unpaired) electrons. The summed E-state index contributed by atoms with van der Waals surface area (Å²) in [5, 5.41) is 0. The van der Waals surface area contributed by atoms with Gasteiger partial charge in [-0.3, -0.25) is 9.88 Å². The summed E-state index contributed by atoms with van der Waals surface area (Å²) in [6, 6.07) is 17.7. The highest BCUT2D eigenvalue weighted by atomic mass is 35.5. The molecule has 36 heavy (non-hydrogen) atoms. The molecule has 196 valence electrons. The fourth-order valence-electron chi connectivity index (χ4n) is 4.50. The number of unbranched alkanes of at least 4 members (excludes halogenated alkanes) is 2. The SMILES string of the molecule is Cl.Cl.Nc1c(-c2ccccc2)ccnc1CCCCCN1CCN(c2cccc(C(F)(F)F)c2)CC1. The van der Waals surface area contributed by atoms with E-state index in [9.17, 15) is 13.2 Å². The van der Waals surface area contributed by atoms with Gasteiger partial charge in [0.2, 0.25) is 0 Å². The van der Waals surface area contributed by atoms with Crippen molar-refractivity contribution >= 4 is 36.2 Å². The Morgan fingerprint density at radius 2 is 1.56 bits per heavy atom. The predicted octanol–water partition coefficient (Wildman–Crippen LogP) is 6.73. The van der Waals surface area contributed by atoms with Crippen molar-refractivity contribution in [2.75, 3.05) is 43.4 Å². The van der Waals surface area contributed by atoms with Crippen LogP contribution in [0.15, 0.2) is 66.9 Å². The normalized spacial score (nSPS) is 14.1. The Morgan fingerprint density at radius 1 is 0.833 bits per heavy atom. The fourth-order valence-corrected chi connectivity index (χ4v) is 4.50. The molecule has 0 saturated carbocycles. The molecule has 9 heteroatoms. The van der Waals surface area contributed by atoms with E-state index in [0.717, 1.165) is 87.0 Å². The zero-order chi connectivity index (χ0) is 24.0. The maximum absolute atomic E-state index is 13.0. The second-order valence-electron chi connectivity index (χ2n) is 8.77. The van der Waals surface area contributed by atoms with E-state index in [1.54, 1.807) is 6.07 Å². The first-order chi connectivity index (χ1) is 16.4. The van der Waals surface area contributed by atoms with E-state index < -0.39 is 11.7 Å². The molecule has 2 N–H and O–H groups in total. The zero-order valence-corrected chi connectivity index (χ0v) is 21.7. The molecule has 0 aliphatic carbocycles. The van der Waals surface area contributed by atoms with Crippen molar-refractivity contribution in [3.8, 4) is 11.1 Å². The van der Waals surface area contributed by atoms with E-state index >= 15 is 0 Å². The number of hydrogen-bond acceptors (Lipinski definition) is 4. The Balaban J connectivity index is 0.00000228. The molecule has 1 fully saturated rings. The highest BCUT2D eigenvalue weighted by Crippen LogP contribution is 2.32. The van der Waals surface area contributed by atoms with E-state index in [4.69, 9.17) is 5.73 Å². The number of anilines is 2. The molecule has 2 aromatic carbocycles. The minimum Gasteiger partial charge on any atom is -0.397 e. The minimum atomic E-state index is -4.30. The van der Waals surface area contributed by atoms with Gasteiger partial charge in [0.15, 0.2) is 0 Å². The average molecular weight is 541 g/mol. The number of aryl methyl sites for hydroxylation is 1. The van der Waals surface area contributed by atoms with Crippen LogP contribution in [0, 0.1) is 0 Å². The van der Waals surface area contributed by atoms with Crippen LogP contribution in [0.5, 0.6) is 0 Å². The molecular weight excluding hydrogens is 508 g/mol. The van der Waals surface area contributed by atoms with Crippen LogP contribution >= 0.6 is 24.8 Å². The Labute approximate surface area is 223 Å². The van der Waals surface area contributed by atoms with Gasteiger partial charge in [-0.25, -0.2) is 0 Å². The average Bonchev–Trinajstić information content (AvgIpc) is 2.85. The molecule has 0 amide bonds. The number of halogens is 5. The summed E-state index contributed by atoms with van der Waals surface area (Å²) >= 11 is 0. The lowest BCUT2D eigenvalue weighted by Crippen LogP contribution is -2.46. The Hall–Kier alpha value is -2.48. The Kier molecular flexibility index (Phi) is 11.3. The van der Waals surface area contributed by atoms with Crippen LogP contribution in [-0.2, 0) is 12.6 Å². The van der Waals surface area contributed by atoms with Gasteiger partial charge < -0.3 is 10.6 Å². The number of rotatable bonds is 8. The topological polar surface area (TPSA) is 45.4 Å². The first-order valence-corrected chi connectivity index (χ1v) is 11.8. The highest BCUT2D eigenvalue weighted by Gasteiger charge is 2.31. The maximum Gasteiger partial charge on any atom is 0.416 e. The van der Waals surface area contributed by atoms with E-state index in [0.29, 0.717) is 5.69 Å². The minimum absolute atomic E-state index is 0. The molecule has 0 spiro atoms. The molecule has 3 aromatic rings.